The minimum Gasteiger partial charge on any atom is -0.755 e. The van der Waals surface area contributed by atoms with Crippen LogP contribution in [-0.2, 0) is 20.9 Å². The third-order valence-electron chi connectivity index (χ3n) is 1.01. The Kier molecular flexibility index (Phi) is 5.83. The van der Waals surface area contributed by atoms with E-state index in [9.17, 15) is 23.1 Å². The van der Waals surface area contributed by atoms with Gasteiger partial charge in [-0.25, -0.2) is 4.79 Å². The number of nitrogens with two attached hydrogens (primary N) is 1. The molecule has 0 saturated heterocycles. The lowest BCUT2D eigenvalue weighted by atomic mass is 10.2. The van der Waals surface area contributed by atoms with Crippen molar-refractivity contribution < 1.29 is 23.1 Å². The average molecular weight is 231 g/mol. The van der Waals surface area contributed by atoms with Crippen molar-refractivity contribution in [2.24, 2.45) is 5.73 Å². The van der Waals surface area contributed by atoms with E-state index in [1.54, 1.807) is 0 Å². The first-order chi connectivity index (χ1) is 6.91. The van der Waals surface area contributed by atoms with Gasteiger partial charge in [-0.2, -0.15) is 0 Å². The Morgan fingerprint density at radius 3 is 1.67 bits per heavy atom. The summed E-state index contributed by atoms with van der Waals surface area (Å²) in [6.07, 6.45) is 5.01. The van der Waals surface area contributed by atoms with Gasteiger partial charge in [0.15, 0.2) is 11.6 Å². The second kappa shape index (κ2) is 6.62. The molecule has 1 aliphatic rings. The fourth-order valence-corrected chi connectivity index (χ4v) is 0.686. The van der Waals surface area contributed by atoms with Gasteiger partial charge in [0.2, 0.25) is 0 Å². The van der Waals surface area contributed by atoms with Crippen molar-refractivity contribution in [3.8, 4) is 0 Å². The first kappa shape index (κ1) is 13.2. The molecule has 0 aliphatic heterocycles. The Balaban J connectivity index is 0.000000265. The molecule has 1 unspecified atom stereocenters. The lowest BCUT2D eigenvalue weighted by Crippen LogP contribution is -2.30. The molecular formula is C7H7N2O5S-. The summed E-state index contributed by atoms with van der Waals surface area (Å²) in [4.78, 5) is 30.1. The molecule has 82 valence electrons. The van der Waals surface area contributed by atoms with Gasteiger partial charge in [-0.15, -0.1) is 0 Å². The third kappa shape index (κ3) is 8.53. The molecule has 0 fully saturated rings. The zero-order valence-electron chi connectivity index (χ0n) is 7.34. The zero-order valence-corrected chi connectivity index (χ0v) is 8.15. The maximum absolute atomic E-state index is 10.3. The molecule has 1 rings (SSSR count). The lowest BCUT2D eigenvalue weighted by Gasteiger charge is -2.00. The number of amides is 2. The topological polar surface area (TPSA) is 129 Å². The van der Waals surface area contributed by atoms with Crippen LogP contribution in [-0.4, -0.2) is 26.4 Å². The number of primary amides is 1. The van der Waals surface area contributed by atoms with Gasteiger partial charge >= 0.3 is 6.03 Å². The second-order valence-electron chi connectivity index (χ2n) is 2.17. The Morgan fingerprint density at radius 1 is 1.20 bits per heavy atom. The van der Waals surface area contributed by atoms with Gasteiger partial charge in [0.1, 0.15) is 0 Å². The van der Waals surface area contributed by atoms with Crippen molar-refractivity contribution in [3.05, 3.63) is 24.3 Å². The second-order valence-corrected chi connectivity index (χ2v) is 2.85. The predicted molar refractivity (Wildman–Crippen MR) is 49.9 cm³/mol. The highest BCUT2D eigenvalue weighted by Gasteiger charge is 1.97. The highest BCUT2D eigenvalue weighted by atomic mass is 32.2. The van der Waals surface area contributed by atoms with Crippen LogP contribution in [0, 0.1) is 0 Å². The summed E-state index contributed by atoms with van der Waals surface area (Å²) in [6, 6.07) is -1.08. The third-order valence-corrected chi connectivity index (χ3v) is 1.38. The molecule has 0 saturated carbocycles. The van der Waals surface area contributed by atoms with E-state index in [1.807, 2.05) is 0 Å². The highest BCUT2D eigenvalue weighted by Crippen LogP contribution is 1.90. The molecular weight excluding hydrogens is 224 g/mol. The molecule has 3 N–H and O–H groups in total. The summed E-state index contributed by atoms with van der Waals surface area (Å²) in [5.41, 5.74) is 4.35. The summed E-state index contributed by atoms with van der Waals surface area (Å²) in [7, 11) is 0. The number of carbonyl (C=O) groups excluding carboxylic acids is 3. The minimum atomic E-state index is -2.57. The van der Waals surface area contributed by atoms with Crippen LogP contribution in [0.25, 0.3) is 0 Å². The Morgan fingerprint density at radius 2 is 1.53 bits per heavy atom. The number of hydrogen-bond donors (Lipinski definition) is 2. The normalized spacial score (nSPS) is 15.3. The van der Waals surface area contributed by atoms with Crippen LogP contribution < -0.4 is 10.5 Å². The van der Waals surface area contributed by atoms with Gasteiger partial charge in [0.05, 0.1) is 0 Å². The average Bonchev–Trinajstić information content (AvgIpc) is 2.09. The van der Waals surface area contributed by atoms with Gasteiger partial charge in [-0.1, -0.05) is 0 Å². The zero-order chi connectivity index (χ0) is 11.8. The van der Waals surface area contributed by atoms with Gasteiger partial charge < -0.3 is 10.3 Å². The fraction of sp³-hybridized carbons (Fsp3) is 0. The predicted octanol–water partition coefficient (Wildman–Crippen LogP) is -1.30. The fourth-order valence-electron chi connectivity index (χ4n) is 0.522. The van der Waals surface area contributed by atoms with Crippen molar-refractivity contribution >= 4 is 28.9 Å². The molecule has 0 aromatic rings. The van der Waals surface area contributed by atoms with Crippen molar-refractivity contribution in [2.45, 2.75) is 0 Å². The number of urea groups is 1. The van der Waals surface area contributed by atoms with E-state index in [-0.39, 0.29) is 11.6 Å². The largest absolute Gasteiger partial charge is 0.755 e. The highest BCUT2D eigenvalue weighted by molar-refractivity contribution is 7.77. The van der Waals surface area contributed by atoms with E-state index >= 15 is 0 Å². The number of carbonyl (C=O) groups is 3. The summed E-state index contributed by atoms with van der Waals surface area (Å²) >= 11 is -2.57. The quantitative estimate of drug-likeness (QED) is 0.428. The molecule has 2 amide bonds. The standard InChI is InChI=1S/C6H4O2.CH4N2O3S/c7-5-1-2-6(8)4-3-5;2-1(4)3-7(5)6/h1-4H;(H,5,6)(H3,2,3,4)/p-1. The summed E-state index contributed by atoms with van der Waals surface area (Å²) in [6.45, 7) is 0. The van der Waals surface area contributed by atoms with Crippen molar-refractivity contribution in [1.29, 1.82) is 0 Å². The molecule has 0 spiro atoms. The van der Waals surface area contributed by atoms with E-state index in [0.717, 1.165) is 0 Å². The molecule has 0 heterocycles. The number of allylic oxidation sites excluding steroid dienone is 4. The van der Waals surface area contributed by atoms with Crippen LogP contribution in [0.1, 0.15) is 0 Å². The van der Waals surface area contributed by atoms with Crippen LogP contribution in [0.2, 0.25) is 0 Å². The van der Waals surface area contributed by atoms with Crippen molar-refractivity contribution in [1.82, 2.24) is 4.72 Å². The Labute approximate surface area is 87.4 Å². The smallest absolute Gasteiger partial charge is 0.323 e. The Bertz CT molecular complexity index is 310. The summed E-state index contributed by atoms with van der Waals surface area (Å²) in [5, 5.41) is 0. The first-order valence-corrected chi connectivity index (χ1v) is 4.58. The summed E-state index contributed by atoms with van der Waals surface area (Å²) in [5.74, 6) is -0.241. The molecule has 0 aromatic heterocycles. The number of rotatable bonds is 1. The SMILES string of the molecule is NC(=O)NS(=O)[O-].O=C1C=CC(=O)C=C1. The maximum Gasteiger partial charge on any atom is 0.323 e. The Hall–Kier alpha value is -1.80. The number of ketones is 2. The molecule has 7 nitrogen and oxygen atoms in total. The van der Waals surface area contributed by atoms with Gasteiger partial charge in [0, 0.05) is 11.3 Å². The van der Waals surface area contributed by atoms with E-state index < -0.39 is 17.3 Å². The van der Waals surface area contributed by atoms with E-state index in [2.05, 4.69) is 5.73 Å². The van der Waals surface area contributed by atoms with Crippen LogP contribution >= 0.6 is 0 Å². The minimum absolute atomic E-state index is 0.121. The number of hydrogen-bond acceptors (Lipinski definition) is 5. The lowest BCUT2D eigenvalue weighted by molar-refractivity contribution is -0.113. The molecule has 0 aromatic carbocycles. The van der Waals surface area contributed by atoms with Gasteiger partial charge in [-0.05, 0) is 24.3 Å². The molecule has 0 bridgehead atoms. The first-order valence-electron chi connectivity index (χ1n) is 3.51. The molecule has 1 atom stereocenters. The number of nitrogens with one attached hydrogen (secondary N) is 1. The van der Waals surface area contributed by atoms with Crippen LogP contribution in [0.5, 0.6) is 0 Å². The van der Waals surface area contributed by atoms with Crippen molar-refractivity contribution in [2.75, 3.05) is 0 Å². The maximum atomic E-state index is 10.3. The van der Waals surface area contributed by atoms with E-state index in [4.69, 9.17) is 0 Å². The molecule has 15 heavy (non-hydrogen) atoms. The van der Waals surface area contributed by atoms with Gasteiger partial charge in [-0.3, -0.25) is 18.5 Å². The molecule has 1 aliphatic carbocycles. The summed E-state index contributed by atoms with van der Waals surface area (Å²) < 4.78 is 20.2. The van der Waals surface area contributed by atoms with E-state index in [1.165, 1.54) is 29.0 Å². The van der Waals surface area contributed by atoms with Crippen LogP contribution in [0.15, 0.2) is 24.3 Å². The van der Waals surface area contributed by atoms with Gasteiger partial charge in [0.25, 0.3) is 0 Å². The molecule has 8 heteroatoms. The van der Waals surface area contributed by atoms with Crippen LogP contribution in [0.4, 0.5) is 4.79 Å². The molecule has 0 radical (unpaired) electrons. The monoisotopic (exact) mass is 231 g/mol. The van der Waals surface area contributed by atoms with Crippen LogP contribution in [0.3, 0.4) is 0 Å². The van der Waals surface area contributed by atoms with E-state index in [0.29, 0.717) is 0 Å². The van der Waals surface area contributed by atoms with Crippen molar-refractivity contribution in [3.63, 3.8) is 0 Å².